The van der Waals surface area contributed by atoms with Crippen LogP contribution in [0.3, 0.4) is 0 Å². The zero-order valence-corrected chi connectivity index (χ0v) is 8.17. The molecule has 15 heavy (non-hydrogen) atoms. The van der Waals surface area contributed by atoms with Gasteiger partial charge in [0, 0.05) is 24.5 Å². The molecule has 2 rings (SSSR count). The van der Waals surface area contributed by atoms with Crippen LogP contribution in [0, 0.1) is 0 Å². The first-order valence-electron chi connectivity index (χ1n) is 4.53. The van der Waals surface area contributed by atoms with Crippen LogP contribution in [0.25, 0.3) is 6.20 Å². The van der Waals surface area contributed by atoms with Crippen LogP contribution in [0.4, 0.5) is 5.69 Å². The quantitative estimate of drug-likeness (QED) is 0.812. The van der Waals surface area contributed by atoms with E-state index in [1.165, 1.54) is 6.33 Å². The van der Waals surface area contributed by atoms with Crippen LogP contribution in [-0.2, 0) is 6.54 Å². The number of nitrogens with one attached hydrogen (secondary N) is 1. The normalized spacial score (nSPS) is 9.87. The zero-order chi connectivity index (χ0) is 10.5. The topological polar surface area (TPSA) is 55.6 Å². The van der Waals surface area contributed by atoms with Gasteiger partial charge in [-0.25, -0.2) is 14.6 Å². The average Bonchev–Trinajstić information content (AvgIpc) is 2.76. The van der Waals surface area contributed by atoms with E-state index < -0.39 is 0 Å². The number of hydrogen-bond donors (Lipinski definition) is 1. The Morgan fingerprint density at radius 2 is 2.13 bits per heavy atom. The highest BCUT2D eigenvalue weighted by Gasteiger charge is 1.96. The summed E-state index contributed by atoms with van der Waals surface area (Å²) in [5, 5.41) is 7.26. The van der Waals surface area contributed by atoms with Crippen LogP contribution in [-0.4, -0.2) is 19.7 Å². The Morgan fingerprint density at radius 3 is 2.80 bits per heavy atom. The van der Waals surface area contributed by atoms with Crippen molar-refractivity contribution >= 4 is 11.9 Å². The number of anilines is 1. The largest absolute Gasteiger partial charge is 0.378 e. The third kappa shape index (κ3) is 2.40. The fraction of sp³-hybridized carbons (Fsp3) is 0.100. The lowest BCUT2D eigenvalue weighted by Gasteiger charge is -2.01. The van der Waals surface area contributed by atoms with Gasteiger partial charge in [0.2, 0.25) is 0 Å². The van der Waals surface area contributed by atoms with Crippen molar-refractivity contribution in [3.8, 4) is 0 Å². The summed E-state index contributed by atoms with van der Waals surface area (Å²) in [7, 11) is 0. The van der Waals surface area contributed by atoms with Gasteiger partial charge in [-0.3, -0.25) is 0 Å². The lowest BCUT2D eigenvalue weighted by molar-refractivity contribution is 0.936. The van der Waals surface area contributed by atoms with Crippen LogP contribution in [0.1, 0.15) is 5.56 Å². The third-order valence-corrected chi connectivity index (χ3v) is 1.90. The van der Waals surface area contributed by atoms with Crippen molar-refractivity contribution in [2.75, 3.05) is 5.32 Å². The molecule has 2 aromatic rings. The minimum absolute atomic E-state index is 0.696. The smallest absolute Gasteiger partial charge is 0.115 e. The van der Waals surface area contributed by atoms with E-state index in [0.29, 0.717) is 6.54 Å². The molecule has 0 aromatic carbocycles. The molecular formula is C10H11N5. The predicted octanol–water partition coefficient (Wildman–Crippen LogP) is 1.39. The summed E-state index contributed by atoms with van der Waals surface area (Å²) in [6.07, 6.45) is 10.3. The Kier molecular flexibility index (Phi) is 2.73. The molecule has 0 saturated carbocycles. The Morgan fingerprint density at radius 1 is 1.33 bits per heavy atom. The second kappa shape index (κ2) is 4.36. The highest BCUT2D eigenvalue weighted by Crippen LogP contribution is 2.04. The zero-order valence-electron chi connectivity index (χ0n) is 8.17. The van der Waals surface area contributed by atoms with E-state index in [9.17, 15) is 0 Å². The summed E-state index contributed by atoms with van der Waals surface area (Å²) in [5.74, 6) is 0. The standard InChI is InChI=1S/C10H11N5/c1-2-15-7-9(4-14-15)3-13-10-5-11-8-12-6-10/h2,4-8,13H,1,3H2. The van der Waals surface area contributed by atoms with Crippen LogP contribution in [0.2, 0.25) is 0 Å². The fourth-order valence-electron chi connectivity index (χ4n) is 1.16. The van der Waals surface area contributed by atoms with E-state index in [1.807, 2.05) is 6.20 Å². The van der Waals surface area contributed by atoms with Crippen molar-refractivity contribution < 1.29 is 0 Å². The predicted molar refractivity (Wildman–Crippen MR) is 58.0 cm³/mol. The molecule has 2 heterocycles. The molecular weight excluding hydrogens is 190 g/mol. The van der Waals surface area contributed by atoms with Crippen molar-refractivity contribution in [2.24, 2.45) is 0 Å². The molecule has 0 atom stereocenters. The molecule has 76 valence electrons. The lowest BCUT2D eigenvalue weighted by Crippen LogP contribution is -1.98. The maximum absolute atomic E-state index is 4.07. The second-order valence-electron chi connectivity index (χ2n) is 2.99. The summed E-state index contributed by atoms with van der Waals surface area (Å²) in [4.78, 5) is 7.82. The maximum Gasteiger partial charge on any atom is 0.115 e. The molecule has 0 bridgehead atoms. The number of aromatic nitrogens is 4. The van der Waals surface area contributed by atoms with E-state index in [1.54, 1.807) is 29.5 Å². The molecule has 0 amide bonds. The van der Waals surface area contributed by atoms with E-state index in [2.05, 4.69) is 27.0 Å². The van der Waals surface area contributed by atoms with Gasteiger partial charge in [0.05, 0.1) is 24.3 Å². The SMILES string of the molecule is C=Cn1cc(CNc2cncnc2)cn1. The van der Waals surface area contributed by atoms with Gasteiger partial charge >= 0.3 is 0 Å². The number of hydrogen-bond acceptors (Lipinski definition) is 4. The molecule has 0 aliphatic carbocycles. The fourth-order valence-corrected chi connectivity index (χ4v) is 1.16. The first kappa shape index (κ1) is 9.39. The van der Waals surface area contributed by atoms with Crippen molar-refractivity contribution in [1.29, 1.82) is 0 Å². The Bertz CT molecular complexity index is 434. The average molecular weight is 201 g/mol. The molecule has 0 spiro atoms. The molecule has 0 fully saturated rings. The molecule has 0 unspecified atom stereocenters. The highest BCUT2D eigenvalue weighted by atomic mass is 15.2. The second-order valence-corrected chi connectivity index (χ2v) is 2.99. The maximum atomic E-state index is 4.07. The number of nitrogens with zero attached hydrogens (tertiary/aromatic N) is 4. The molecule has 1 N–H and O–H groups in total. The Labute approximate surface area is 87.5 Å². The van der Waals surface area contributed by atoms with Crippen molar-refractivity contribution in [1.82, 2.24) is 19.7 Å². The van der Waals surface area contributed by atoms with Crippen LogP contribution >= 0.6 is 0 Å². The molecule has 0 saturated heterocycles. The van der Waals surface area contributed by atoms with Gasteiger partial charge in [0.25, 0.3) is 0 Å². The van der Waals surface area contributed by atoms with Gasteiger partial charge in [0.15, 0.2) is 0 Å². The molecule has 0 aliphatic rings. The van der Waals surface area contributed by atoms with Crippen molar-refractivity contribution in [3.63, 3.8) is 0 Å². The minimum atomic E-state index is 0.696. The molecule has 0 radical (unpaired) electrons. The molecule has 5 heteroatoms. The summed E-state index contributed by atoms with van der Waals surface area (Å²) in [6.45, 7) is 4.32. The van der Waals surface area contributed by atoms with Gasteiger partial charge in [0.1, 0.15) is 6.33 Å². The van der Waals surface area contributed by atoms with Gasteiger partial charge in [-0.2, -0.15) is 5.10 Å². The van der Waals surface area contributed by atoms with E-state index >= 15 is 0 Å². The van der Waals surface area contributed by atoms with Gasteiger partial charge < -0.3 is 5.32 Å². The van der Waals surface area contributed by atoms with Crippen LogP contribution < -0.4 is 5.32 Å². The lowest BCUT2D eigenvalue weighted by atomic mass is 10.3. The van der Waals surface area contributed by atoms with E-state index in [4.69, 9.17) is 0 Å². The first-order chi connectivity index (χ1) is 7.38. The first-order valence-corrected chi connectivity index (χ1v) is 4.53. The summed E-state index contributed by atoms with van der Waals surface area (Å²) < 4.78 is 1.67. The van der Waals surface area contributed by atoms with E-state index in [0.717, 1.165) is 11.3 Å². The molecule has 0 aliphatic heterocycles. The third-order valence-electron chi connectivity index (χ3n) is 1.90. The number of rotatable bonds is 4. The summed E-state index contributed by atoms with van der Waals surface area (Å²) in [6, 6.07) is 0. The van der Waals surface area contributed by atoms with Gasteiger partial charge in [-0.05, 0) is 0 Å². The van der Waals surface area contributed by atoms with Crippen molar-refractivity contribution in [3.05, 3.63) is 43.3 Å². The van der Waals surface area contributed by atoms with Crippen LogP contribution in [0.15, 0.2) is 37.7 Å². The monoisotopic (exact) mass is 201 g/mol. The van der Waals surface area contributed by atoms with Gasteiger partial charge in [-0.15, -0.1) is 0 Å². The molecule has 5 nitrogen and oxygen atoms in total. The van der Waals surface area contributed by atoms with Gasteiger partial charge in [-0.1, -0.05) is 6.58 Å². The Balaban J connectivity index is 1.96. The minimum Gasteiger partial charge on any atom is -0.378 e. The van der Waals surface area contributed by atoms with E-state index in [-0.39, 0.29) is 0 Å². The van der Waals surface area contributed by atoms with Crippen molar-refractivity contribution in [2.45, 2.75) is 6.54 Å². The highest BCUT2D eigenvalue weighted by molar-refractivity contribution is 5.37. The summed E-state index contributed by atoms with van der Waals surface area (Å²) in [5.41, 5.74) is 1.97. The molecule has 2 aromatic heterocycles. The van der Waals surface area contributed by atoms with Crippen LogP contribution in [0.5, 0.6) is 0 Å². The summed E-state index contributed by atoms with van der Waals surface area (Å²) >= 11 is 0. The Hall–Kier alpha value is -2.17.